The van der Waals surface area contributed by atoms with Gasteiger partial charge in [0.15, 0.2) is 0 Å². The summed E-state index contributed by atoms with van der Waals surface area (Å²) < 4.78 is 38.5. The van der Waals surface area contributed by atoms with Crippen LogP contribution in [0.25, 0.3) is 0 Å². The number of sulfonamides is 1. The average Bonchev–Trinajstić information content (AvgIpc) is 2.81. The molecule has 0 unspecified atom stereocenters. The number of anilines is 1. The molecule has 3 aromatic rings. The summed E-state index contributed by atoms with van der Waals surface area (Å²) >= 11 is 6.27. The van der Waals surface area contributed by atoms with Crippen LogP contribution in [0.1, 0.15) is 5.56 Å². The van der Waals surface area contributed by atoms with Gasteiger partial charge in [0.2, 0.25) is 5.91 Å². The summed E-state index contributed by atoms with van der Waals surface area (Å²) in [7, 11) is -2.46. The van der Waals surface area contributed by atoms with E-state index < -0.39 is 22.5 Å². The van der Waals surface area contributed by atoms with Gasteiger partial charge < -0.3 is 14.8 Å². The van der Waals surface area contributed by atoms with Crippen LogP contribution in [-0.4, -0.2) is 41.1 Å². The Balaban J connectivity index is 1.70. The van der Waals surface area contributed by atoms with Gasteiger partial charge in [0, 0.05) is 6.07 Å². The van der Waals surface area contributed by atoms with Crippen molar-refractivity contribution in [2.24, 2.45) is 0 Å². The van der Waals surface area contributed by atoms with E-state index in [4.69, 9.17) is 21.1 Å². The molecule has 0 aromatic heterocycles. The van der Waals surface area contributed by atoms with Gasteiger partial charge in [-0.05, 0) is 43.3 Å². The van der Waals surface area contributed by atoms with Crippen LogP contribution in [0.5, 0.6) is 11.5 Å². The standard InChI is InChI=1S/C24H25ClN2O5S/c1-18-10-12-21(13-11-18)33(29,30)27(23-9-4-3-8-22(23)25)17-24(28)26-14-15-32-20-7-5-6-19(16-20)31-2/h3-13,16H,14-15,17H2,1-2H3,(H,26,28). The second-order valence-corrected chi connectivity index (χ2v) is 9.42. The maximum absolute atomic E-state index is 13.4. The van der Waals surface area contributed by atoms with Crippen molar-refractivity contribution < 1.29 is 22.7 Å². The number of carbonyl (C=O) groups is 1. The molecule has 3 aromatic carbocycles. The lowest BCUT2D eigenvalue weighted by atomic mass is 10.2. The van der Waals surface area contributed by atoms with Crippen molar-refractivity contribution in [1.29, 1.82) is 0 Å². The molecule has 0 bridgehead atoms. The highest BCUT2D eigenvalue weighted by Crippen LogP contribution is 2.30. The lowest BCUT2D eigenvalue weighted by molar-refractivity contribution is -0.119. The van der Waals surface area contributed by atoms with E-state index in [1.807, 2.05) is 6.92 Å². The number of benzene rings is 3. The fourth-order valence-electron chi connectivity index (χ4n) is 3.03. The minimum absolute atomic E-state index is 0.0715. The molecule has 0 atom stereocenters. The van der Waals surface area contributed by atoms with Gasteiger partial charge in [-0.15, -0.1) is 0 Å². The summed E-state index contributed by atoms with van der Waals surface area (Å²) in [5.41, 5.74) is 1.15. The van der Waals surface area contributed by atoms with Crippen molar-refractivity contribution >= 4 is 33.2 Å². The number of methoxy groups -OCH3 is 1. The molecule has 0 saturated carbocycles. The third-order valence-corrected chi connectivity index (χ3v) is 6.85. The van der Waals surface area contributed by atoms with Gasteiger partial charge in [-0.3, -0.25) is 9.10 Å². The van der Waals surface area contributed by atoms with Gasteiger partial charge >= 0.3 is 0 Å². The van der Waals surface area contributed by atoms with Gasteiger partial charge in [-0.2, -0.15) is 0 Å². The van der Waals surface area contributed by atoms with Crippen molar-refractivity contribution in [3.63, 3.8) is 0 Å². The predicted molar refractivity (Wildman–Crippen MR) is 129 cm³/mol. The molecule has 174 valence electrons. The van der Waals surface area contributed by atoms with Gasteiger partial charge in [0.25, 0.3) is 10.0 Å². The third kappa shape index (κ3) is 6.40. The predicted octanol–water partition coefficient (Wildman–Crippen LogP) is 4.05. The SMILES string of the molecule is COc1cccc(OCCNC(=O)CN(c2ccccc2Cl)S(=O)(=O)c2ccc(C)cc2)c1. The average molecular weight is 489 g/mol. The topological polar surface area (TPSA) is 84.9 Å². The number of halogens is 1. The van der Waals surface area contributed by atoms with Crippen molar-refractivity contribution in [2.45, 2.75) is 11.8 Å². The molecule has 9 heteroatoms. The first-order valence-corrected chi connectivity index (χ1v) is 12.0. The molecule has 0 aliphatic rings. The van der Waals surface area contributed by atoms with Crippen LogP contribution in [0.15, 0.2) is 77.7 Å². The number of nitrogens with one attached hydrogen (secondary N) is 1. The minimum atomic E-state index is -4.03. The monoisotopic (exact) mass is 488 g/mol. The summed E-state index contributed by atoms with van der Waals surface area (Å²) in [6.45, 7) is 1.83. The molecule has 3 rings (SSSR count). The summed E-state index contributed by atoms with van der Waals surface area (Å²) in [6, 6.07) is 20.0. The molecule has 0 aliphatic carbocycles. The maximum atomic E-state index is 13.4. The number of para-hydroxylation sites is 1. The zero-order chi connectivity index (χ0) is 23.8. The fourth-order valence-corrected chi connectivity index (χ4v) is 4.76. The Labute approximate surface area is 198 Å². The first-order chi connectivity index (χ1) is 15.8. The molecule has 0 radical (unpaired) electrons. The van der Waals surface area contributed by atoms with Gasteiger partial charge in [-0.25, -0.2) is 8.42 Å². The second-order valence-electron chi connectivity index (χ2n) is 7.15. The van der Waals surface area contributed by atoms with E-state index in [1.54, 1.807) is 67.8 Å². The summed E-state index contributed by atoms with van der Waals surface area (Å²) in [5.74, 6) is 0.774. The number of hydrogen-bond acceptors (Lipinski definition) is 5. The van der Waals surface area contributed by atoms with Crippen molar-refractivity contribution in [1.82, 2.24) is 5.32 Å². The molecule has 1 amide bonds. The third-order valence-electron chi connectivity index (χ3n) is 4.75. The number of hydrogen-bond donors (Lipinski definition) is 1. The zero-order valence-electron chi connectivity index (χ0n) is 18.3. The molecule has 1 N–H and O–H groups in total. The van der Waals surface area contributed by atoms with E-state index in [9.17, 15) is 13.2 Å². The normalized spacial score (nSPS) is 11.0. The number of ether oxygens (including phenoxy) is 2. The van der Waals surface area contributed by atoms with Gasteiger partial charge in [0.1, 0.15) is 24.7 Å². The highest BCUT2D eigenvalue weighted by molar-refractivity contribution is 7.92. The van der Waals surface area contributed by atoms with Crippen LogP contribution in [0.2, 0.25) is 5.02 Å². The van der Waals surface area contributed by atoms with Crippen molar-refractivity contribution in [3.8, 4) is 11.5 Å². The van der Waals surface area contributed by atoms with Crippen molar-refractivity contribution in [2.75, 3.05) is 31.1 Å². The maximum Gasteiger partial charge on any atom is 0.264 e. The highest BCUT2D eigenvalue weighted by atomic mass is 35.5. The van der Waals surface area contributed by atoms with E-state index in [-0.39, 0.29) is 28.8 Å². The van der Waals surface area contributed by atoms with E-state index >= 15 is 0 Å². The van der Waals surface area contributed by atoms with E-state index in [0.717, 1.165) is 9.87 Å². The molecule has 0 spiro atoms. The number of aryl methyl sites for hydroxylation is 1. The zero-order valence-corrected chi connectivity index (χ0v) is 19.9. The first kappa shape index (κ1) is 24.4. The molecule has 0 aliphatic heterocycles. The molecule has 0 heterocycles. The smallest absolute Gasteiger partial charge is 0.264 e. The van der Waals surface area contributed by atoms with E-state index in [0.29, 0.717) is 11.5 Å². The first-order valence-electron chi connectivity index (χ1n) is 10.2. The Morgan fingerprint density at radius 3 is 2.39 bits per heavy atom. The Bertz CT molecular complexity index is 1200. The Morgan fingerprint density at radius 1 is 1.00 bits per heavy atom. The molecule has 33 heavy (non-hydrogen) atoms. The molecule has 0 saturated heterocycles. The summed E-state index contributed by atoms with van der Waals surface area (Å²) in [4.78, 5) is 12.7. The highest BCUT2D eigenvalue weighted by Gasteiger charge is 2.28. The van der Waals surface area contributed by atoms with Gasteiger partial charge in [-0.1, -0.05) is 47.5 Å². The largest absolute Gasteiger partial charge is 0.497 e. The number of carbonyl (C=O) groups excluding carboxylic acids is 1. The van der Waals surface area contributed by atoms with Crippen molar-refractivity contribution in [3.05, 3.63) is 83.4 Å². The Kier molecular flexibility index (Phi) is 8.19. The molecular weight excluding hydrogens is 464 g/mol. The lowest BCUT2D eigenvalue weighted by Gasteiger charge is -2.25. The van der Waals surface area contributed by atoms with E-state index in [1.165, 1.54) is 12.1 Å². The van der Waals surface area contributed by atoms with Crippen LogP contribution < -0.4 is 19.1 Å². The quantitative estimate of drug-likeness (QED) is 0.435. The number of nitrogens with zero attached hydrogens (tertiary/aromatic N) is 1. The summed E-state index contributed by atoms with van der Waals surface area (Å²) in [5, 5.41) is 2.91. The minimum Gasteiger partial charge on any atom is -0.497 e. The second kappa shape index (κ2) is 11.1. The van der Waals surface area contributed by atoms with Crippen LogP contribution in [-0.2, 0) is 14.8 Å². The Hall–Kier alpha value is -3.23. The van der Waals surface area contributed by atoms with Gasteiger partial charge in [0.05, 0.1) is 29.3 Å². The fraction of sp³-hybridized carbons (Fsp3) is 0.208. The molecular formula is C24H25ClN2O5S. The molecule has 7 nitrogen and oxygen atoms in total. The molecule has 0 fully saturated rings. The van der Waals surface area contributed by atoms with E-state index in [2.05, 4.69) is 5.32 Å². The van der Waals surface area contributed by atoms with Crippen LogP contribution in [0.4, 0.5) is 5.69 Å². The van der Waals surface area contributed by atoms with Crippen LogP contribution >= 0.6 is 11.6 Å². The van der Waals surface area contributed by atoms with Crippen LogP contribution in [0, 0.1) is 6.92 Å². The van der Waals surface area contributed by atoms with Crippen LogP contribution in [0.3, 0.4) is 0 Å². The Morgan fingerprint density at radius 2 is 1.70 bits per heavy atom. The number of amides is 1. The lowest BCUT2D eigenvalue weighted by Crippen LogP contribution is -2.42. The number of rotatable bonds is 10. The summed E-state index contributed by atoms with van der Waals surface area (Å²) in [6.07, 6.45) is 0.